The Labute approximate surface area is 169 Å². The summed E-state index contributed by atoms with van der Waals surface area (Å²) in [6.07, 6.45) is 2.28. The van der Waals surface area contributed by atoms with Crippen molar-refractivity contribution < 1.29 is 23.9 Å². The number of carbonyl (C=O) groups is 4. The van der Waals surface area contributed by atoms with Crippen molar-refractivity contribution in [3.05, 3.63) is 70.2 Å². The first-order chi connectivity index (χ1) is 13.3. The highest BCUT2D eigenvalue weighted by molar-refractivity contribution is 6.35. The fraction of sp³-hybridized carbons (Fsp3) is 0.0526. The van der Waals surface area contributed by atoms with Crippen molar-refractivity contribution >= 4 is 58.3 Å². The second-order valence-corrected chi connectivity index (χ2v) is 6.49. The number of benzene rings is 2. The third kappa shape index (κ3) is 4.39. The van der Waals surface area contributed by atoms with Crippen molar-refractivity contribution in [2.45, 2.75) is 0 Å². The molecule has 0 unspecified atom stereocenters. The first-order valence-corrected chi connectivity index (χ1v) is 8.69. The molecule has 0 saturated heterocycles. The molecule has 1 aliphatic heterocycles. The summed E-state index contributed by atoms with van der Waals surface area (Å²) in [6.45, 7) is -0.560. The molecule has 142 valence electrons. The summed E-state index contributed by atoms with van der Waals surface area (Å²) < 4.78 is 4.97. The third-order valence-corrected chi connectivity index (χ3v) is 4.25. The van der Waals surface area contributed by atoms with Gasteiger partial charge in [-0.1, -0.05) is 29.3 Å². The van der Waals surface area contributed by atoms with Gasteiger partial charge in [0.05, 0.1) is 22.0 Å². The standard InChI is InChI=1S/C19H12Cl2N2O5/c20-12-4-5-14(21)15(9-12)22-16(24)10-28-19(27)11-2-1-3-13(8-11)23-17(25)6-7-18(23)26/h1-9H,10H2,(H,22,24). The maximum Gasteiger partial charge on any atom is 0.338 e. The quantitative estimate of drug-likeness (QED) is 0.594. The topological polar surface area (TPSA) is 92.8 Å². The first kappa shape index (κ1) is 19.6. The number of carbonyl (C=O) groups excluding carboxylic acids is 4. The second-order valence-electron chi connectivity index (χ2n) is 5.64. The van der Waals surface area contributed by atoms with Crippen LogP contribution in [0.25, 0.3) is 0 Å². The Balaban J connectivity index is 1.63. The predicted molar refractivity (Wildman–Crippen MR) is 103 cm³/mol. The minimum atomic E-state index is -0.791. The van der Waals surface area contributed by atoms with Gasteiger partial charge >= 0.3 is 5.97 Å². The van der Waals surface area contributed by atoms with Gasteiger partial charge < -0.3 is 10.1 Å². The van der Waals surface area contributed by atoms with Gasteiger partial charge in [-0.05, 0) is 36.4 Å². The van der Waals surface area contributed by atoms with Gasteiger partial charge in [0.15, 0.2) is 6.61 Å². The number of ether oxygens (including phenoxy) is 1. The van der Waals surface area contributed by atoms with Crippen molar-refractivity contribution in [1.82, 2.24) is 0 Å². The molecule has 28 heavy (non-hydrogen) atoms. The average Bonchev–Trinajstić information content (AvgIpc) is 3.01. The molecular formula is C19H12Cl2N2O5. The molecule has 0 radical (unpaired) electrons. The van der Waals surface area contributed by atoms with Crippen LogP contribution in [0.4, 0.5) is 11.4 Å². The fourth-order valence-corrected chi connectivity index (χ4v) is 2.76. The van der Waals surface area contributed by atoms with E-state index in [1.807, 2.05) is 0 Å². The molecule has 0 saturated carbocycles. The molecule has 0 bridgehead atoms. The number of nitrogens with one attached hydrogen (secondary N) is 1. The molecule has 3 rings (SSSR count). The van der Waals surface area contributed by atoms with E-state index in [0.717, 1.165) is 17.1 Å². The van der Waals surface area contributed by atoms with Crippen molar-refractivity contribution in [3.8, 4) is 0 Å². The Bertz CT molecular complexity index is 1000. The van der Waals surface area contributed by atoms with Gasteiger partial charge in [-0.2, -0.15) is 0 Å². The normalized spacial score (nSPS) is 13.0. The average molecular weight is 419 g/mol. The van der Waals surface area contributed by atoms with Crippen LogP contribution in [0.2, 0.25) is 10.0 Å². The van der Waals surface area contributed by atoms with Gasteiger partial charge in [0, 0.05) is 17.2 Å². The molecule has 2 aromatic carbocycles. The summed E-state index contributed by atoms with van der Waals surface area (Å²) in [6, 6.07) is 10.3. The lowest BCUT2D eigenvalue weighted by Gasteiger charge is -2.14. The summed E-state index contributed by atoms with van der Waals surface area (Å²) in [5.74, 6) is -2.41. The second kappa shape index (κ2) is 8.24. The lowest BCUT2D eigenvalue weighted by atomic mass is 10.2. The molecule has 7 nitrogen and oxygen atoms in total. The van der Waals surface area contributed by atoms with Crippen LogP contribution in [0.15, 0.2) is 54.6 Å². The van der Waals surface area contributed by atoms with E-state index in [4.69, 9.17) is 27.9 Å². The van der Waals surface area contributed by atoms with Crippen LogP contribution < -0.4 is 10.2 Å². The highest BCUT2D eigenvalue weighted by Crippen LogP contribution is 2.25. The molecule has 0 fully saturated rings. The number of nitrogens with zero attached hydrogens (tertiary/aromatic N) is 1. The smallest absolute Gasteiger partial charge is 0.338 e. The zero-order valence-electron chi connectivity index (χ0n) is 14.1. The largest absolute Gasteiger partial charge is 0.452 e. The van der Waals surface area contributed by atoms with E-state index in [2.05, 4.69) is 5.32 Å². The van der Waals surface area contributed by atoms with Crippen LogP contribution in [0.5, 0.6) is 0 Å². The van der Waals surface area contributed by atoms with E-state index >= 15 is 0 Å². The molecule has 1 aliphatic rings. The number of hydrogen-bond acceptors (Lipinski definition) is 5. The summed E-state index contributed by atoms with van der Waals surface area (Å²) in [7, 11) is 0. The summed E-state index contributed by atoms with van der Waals surface area (Å²) in [5.41, 5.74) is 0.596. The fourth-order valence-electron chi connectivity index (χ4n) is 2.42. The monoisotopic (exact) mass is 418 g/mol. The highest BCUT2D eigenvalue weighted by atomic mass is 35.5. The minimum absolute atomic E-state index is 0.0820. The van der Waals surface area contributed by atoms with Gasteiger partial charge in [-0.3, -0.25) is 14.4 Å². The van der Waals surface area contributed by atoms with E-state index in [1.165, 1.54) is 36.4 Å². The van der Waals surface area contributed by atoms with Gasteiger partial charge in [0.2, 0.25) is 0 Å². The molecule has 0 aromatic heterocycles. The van der Waals surface area contributed by atoms with Crippen LogP contribution in [0.1, 0.15) is 10.4 Å². The molecule has 2 aromatic rings. The van der Waals surface area contributed by atoms with Crippen LogP contribution in [-0.4, -0.2) is 30.3 Å². The lowest BCUT2D eigenvalue weighted by molar-refractivity contribution is -0.120. The Morgan fingerprint density at radius 2 is 1.71 bits per heavy atom. The Hall–Kier alpha value is -3.16. The van der Waals surface area contributed by atoms with Crippen molar-refractivity contribution in [1.29, 1.82) is 0 Å². The molecule has 0 spiro atoms. The number of halogens is 2. The molecule has 9 heteroatoms. The number of hydrogen-bond donors (Lipinski definition) is 1. The van der Waals surface area contributed by atoms with Crippen LogP contribution in [0.3, 0.4) is 0 Å². The van der Waals surface area contributed by atoms with Crippen LogP contribution >= 0.6 is 23.2 Å². The van der Waals surface area contributed by atoms with Crippen LogP contribution in [-0.2, 0) is 19.1 Å². The molecule has 0 atom stereocenters. The zero-order valence-corrected chi connectivity index (χ0v) is 15.7. The summed E-state index contributed by atoms with van der Waals surface area (Å²) in [5, 5.41) is 3.15. The number of imide groups is 1. The van der Waals surface area contributed by atoms with E-state index in [-0.39, 0.29) is 22.0 Å². The highest BCUT2D eigenvalue weighted by Gasteiger charge is 2.25. The Morgan fingerprint density at radius 1 is 1.00 bits per heavy atom. The van der Waals surface area contributed by atoms with Crippen molar-refractivity contribution in [2.75, 3.05) is 16.8 Å². The van der Waals surface area contributed by atoms with E-state index < -0.39 is 30.3 Å². The van der Waals surface area contributed by atoms with Crippen molar-refractivity contribution in [3.63, 3.8) is 0 Å². The van der Waals surface area contributed by atoms with E-state index in [0.29, 0.717) is 5.02 Å². The summed E-state index contributed by atoms with van der Waals surface area (Å²) >= 11 is 11.8. The first-order valence-electron chi connectivity index (χ1n) is 7.93. The molecule has 3 amide bonds. The number of rotatable bonds is 5. The summed E-state index contributed by atoms with van der Waals surface area (Å²) in [4.78, 5) is 48.6. The van der Waals surface area contributed by atoms with Crippen LogP contribution in [0, 0.1) is 0 Å². The zero-order chi connectivity index (χ0) is 20.3. The lowest BCUT2D eigenvalue weighted by Crippen LogP contribution is -2.29. The number of esters is 1. The molecular weight excluding hydrogens is 407 g/mol. The van der Waals surface area contributed by atoms with Gasteiger partial charge in [-0.25, -0.2) is 9.69 Å². The Morgan fingerprint density at radius 3 is 2.43 bits per heavy atom. The Kier molecular flexibility index (Phi) is 5.77. The maximum atomic E-state index is 12.2. The van der Waals surface area contributed by atoms with Gasteiger partial charge in [-0.15, -0.1) is 0 Å². The molecule has 0 aliphatic carbocycles. The number of anilines is 2. The van der Waals surface area contributed by atoms with Crippen molar-refractivity contribution in [2.24, 2.45) is 0 Å². The molecule has 1 heterocycles. The third-order valence-electron chi connectivity index (χ3n) is 3.69. The SMILES string of the molecule is O=C(COC(=O)c1cccc(N2C(=O)C=CC2=O)c1)Nc1cc(Cl)ccc1Cl. The number of amides is 3. The predicted octanol–water partition coefficient (Wildman–Crippen LogP) is 3.22. The van der Waals surface area contributed by atoms with E-state index in [9.17, 15) is 19.2 Å². The van der Waals surface area contributed by atoms with Gasteiger partial charge in [0.1, 0.15) is 0 Å². The maximum absolute atomic E-state index is 12.2. The van der Waals surface area contributed by atoms with E-state index in [1.54, 1.807) is 6.07 Å². The van der Waals surface area contributed by atoms with Gasteiger partial charge in [0.25, 0.3) is 17.7 Å². The molecule has 1 N–H and O–H groups in total. The minimum Gasteiger partial charge on any atom is -0.452 e.